The molecule has 1 aromatic heterocycles. The SMILES string of the molecule is CSc1nnc([C@H]2CCCN2C(=O)N(c2ccccc2)c2ccccc2)n1C. The fourth-order valence-electron chi connectivity index (χ4n) is 3.71. The van der Waals surface area contributed by atoms with Gasteiger partial charge in [0.25, 0.3) is 0 Å². The molecule has 1 fully saturated rings. The third kappa shape index (κ3) is 3.38. The highest BCUT2D eigenvalue weighted by Gasteiger charge is 2.36. The van der Waals surface area contributed by atoms with Crippen molar-refractivity contribution in [2.45, 2.75) is 24.0 Å². The molecule has 1 aliphatic heterocycles. The lowest BCUT2D eigenvalue weighted by Crippen LogP contribution is -2.41. The maximum Gasteiger partial charge on any atom is 0.329 e. The Morgan fingerprint density at radius 3 is 2.18 bits per heavy atom. The van der Waals surface area contributed by atoms with E-state index in [-0.39, 0.29) is 12.1 Å². The molecule has 3 aromatic rings. The predicted molar refractivity (Wildman–Crippen MR) is 112 cm³/mol. The molecular formula is C21H23N5OS. The van der Waals surface area contributed by atoms with Gasteiger partial charge in [-0.1, -0.05) is 48.2 Å². The zero-order valence-electron chi connectivity index (χ0n) is 16.0. The van der Waals surface area contributed by atoms with Gasteiger partial charge in [0.1, 0.15) is 0 Å². The fraction of sp³-hybridized carbons (Fsp3) is 0.286. The number of urea groups is 1. The van der Waals surface area contributed by atoms with Crippen molar-refractivity contribution in [1.29, 1.82) is 0 Å². The van der Waals surface area contributed by atoms with Crippen molar-refractivity contribution in [2.75, 3.05) is 17.7 Å². The number of carbonyl (C=O) groups excluding carboxylic acids is 1. The van der Waals surface area contributed by atoms with Crippen LogP contribution >= 0.6 is 11.8 Å². The van der Waals surface area contributed by atoms with E-state index >= 15 is 0 Å². The monoisotopic (exact) mass is 393 g/mol. The van der Waals surface area contributed by atoms with Gasteiger partial charge in [0.15, 0.2) is 11.0 Å². The van der Waals surface area contributed by atoms with Crippen LogP contribution in [-0.4, -0.2) is 38.5 Å². The van der Waals surface area contributed by atoms with Crippen LogP contribution in [0.5, 0.6) is 0 Å². The van der Waals surface area contributed by atoms with E-state index in [0.29, 0.717) is 6.54 Å². The summed E-state index contributed by atoms with van der Waals surface area (Å²) in [5.74, 6) is 0.844. The summed E-state index contributed by atoms with van der Waals surface area (Å²) < 4.78 is 2.00. The maximum absolute atomic E-state index is 13.7. The highest BCUT2D eigenvalue weighted by atomic mass is 32.2. The van der Waals surface area contributed by atoms with Gasteiger partial charge in [-0.2, -0.15) is 0 Å². The zero-order chi connectivity index (χ0) is 19.5. The maximum atomic E-state index is 13.7. The second-order valence-corrected chi connectivity index (χ2v) is 7.52. The summed E-state index contributed by atoms with van der Waals surface area (Å²) >= 11 is 1.56. The number of para-hydroxylation sites is 2. The molecule has 0 spiro atoms. The summed E-state index contributed by atoms with van der Waals surface area (Å²) in [4.78, 5) is 17.4. The molecule has 0 bridgehead atoms. The third-order valence-electron chi connectivity index (χ3n) is 5.07. The van der Waals surface area contributed by atoms with Gasteiger partial charge in [0.05, 0.1) is 17.4 Å². The predicted octanol–water partition coefficient (Wildman–Crippen LogP) is 4.63. The number of rotatable bonds is 4. The molecule has 1 aliphatic rings. The average molecular weight is 394 g/mol. The van der Waals surface area contributed by atoms with Crippen LogP contribution in [0.15, 0.2) is 65.8 Å². The normalized spacial score (nSPS) is 16.4. The van der Waals surface area contributed by atoms with Gasteiger partial charge in [-0.25, -0.2) is 4.79 Å². The number of anilines is 2. The van der Waals surface area contributed by atoms with Gasteiger partial charge in [-0.3, -0.25) is 4.90 Å². The van der Waals surface area contributed by atoms with Gasteiger partial charge in [-0.05, 0) is 43.4 Å². The fourth-order valence-corrected chi connectivity index (χ4v) is 4.20. The zero-order valence-corrected chi connectivity index (χ0v) is 16.8. The minimum atomic E-state index is -0.0687. The number of benzene rings is 2. The molecule has 0 aliphatic carbocycles. The highest BCUT2D eigenvalue weighted by molar-refractivity contribution is 7.98. The van der Waals surface area contributed by atoms with E-state index in [2.05, 4.69) is 10.2 Å². The number of likely N-dealkylation sites (tertiary alicyclic amines) is 1. The molecule has 2 amide bonds. The largest absolute Gasteiger partial charge is 0.329 e. The second kappa shape index (κ2) is 8.06. The van der Waals surface area contributed by atoms with Gasteiger partial charge < -0.3 is 9.47 Å². The Morgan fingerprint density at radius 1 is 1.04 bits per heavy atom. The number of amides is 2. The Morgan fingerprint density at radius 2 is 1.64 bits per heavy atom. The number of thioether (sulfide) groups is 1. The molecule has 6 nitrogen and oxygen atoms in total. The molecule has 4 rings (SSSR count). The smallest absolute Gasteiger partial charge is 0.314 e. The number of hydrogen-bond acceptors (Lipinski definition) is 4. The van der Waals surface area contributed by atoms with Crippen molar-refractivity contribution in [3.8, 4) is 0 Å². The molecule has 2 heterocycles. The van der Waals surface area contributed by atoms with Crippen molar-refractivity contribution >= 4 is 29.2 Å². The van der Waals surface area contributed by atoms with Gasteiger partial charge in [-0.15, -0.1) is 10.2 Å². The van der Waals surface area contributed by atoms with Crippen LogP contribution in [0, 0.1) is 0 Å². The standard InChI is InChI=1S/C21H23N5OS/c1-24-19(22-23-20(24)28-2)18-14-9-15-25(18)21(27)26(16-10-5-3-6-11-16)17-12-7-4-8-13-17/h3-8,10-13,18H,9,14-15H2,1-2H3/t18-/m1/s1. The van der Waals surface area contributed by atoms with E-state index in [1.54, 1.807) is 16.7 Å². The van der Waals surface area contributed by atoms with Gasteiger partial charge in [0, 0.05) is 13.6 Å². The molecule has 0 radical (unpaired) electrons. The van der Waals surface area contributed by atoms with Crippen LogP contribution in [0.2, 0.25) is 0 Å². The molecule has 144 valence electrons. The van der Waals surface area contributed by atoms with E-state index in [1.807, 2.05) is 83.4 Å². The summed E-state index contributed by atoms with van der Waals surface area (Å²) in [5.41, 5.74) is 1.71. The number of aromatic nitrogens is 3. The first-order valence-corrected chi connectivity index (χ1v) is 10.6. The first-order valence-electron chi connectivity index (χ1n) is 9.35. The summed E-state index contributed by atoms with van der Waals surface area (Å²) in [7, 11) is 1.97. The Hall–Kier alpha value is -2.80. The van der Waals surface area contributed by atoms with E-state index < -0.39 is 0 Å². The van der Waals surface area contributed by atoms with Crippen molar-refractivity contribution in [2.24, 2.45) is 7.05 Å². The average Bonchev–Trinajstić information content (AvgIpc) is 3.36. The molecule has 7 heteroatoms. The molecule has 0 unspecified atom stereocenters. The first-order chi connectivity index (χ1) is 13.7. The number of carbonyl (C=O) groups is 1. The number of hydrogen-bond donors (Lipinski definition) is 0. The molecule has 1 atom stereocenters. The van der Waals surface area contributed by atoms with Crippen molar-refractivity contribution in [3.63, 3.8) is 0 Å². The minimum Gasteiger partial charge on any atom is -0.314 e. The van der Waals surface area contributed by atoms with Crippen LogP contribution in [-0.2, 0) is 7.05 Å². The molecule has 0 N–H and O–H groups in total. The lowest BCUT2D eigenvalue weighted by Gasteiger charge is -2.31. The quantitative estimate of drug-likeness (QED) is 0.606. The Labute approximate surface area is 169 Å². The summed E-state index contributed by atoms with van der Waals surface area (Å²) in [5, 5.41) is 9.50. The molecular weight excluding hydrogens is 370 g/mol. The van der Waals surface area contributed by atoms with Crippen molar-refractivity contribution in [3.05, 3.63) is 66.5 Å². The molecule has 28 heavy (non-hydrogen) atoms. The van der Waals surface area contributed by atoms with Crippen LogP contribution in [0.4, 0.5) is 16.2 Å². The minimum absolute atomic E-state index is 0.0337. The van der Waals surface area contributed by atoms with E-state index in [0.717, 1.165) is 35.2 Å². The van der Waals surface area contributed by atoms with E-state index in [4.69, 9.17) is 0 Å². The van der Waals surface area contributed by atoms with Crippen LogP contribution in [0.1, 0.15) is 24.7 Å². The lowest BCUT2D eigenvalue weighted by molar-refractivity contribution is 0.199. The number of nitrogens with zero attached hydrogens (tertiary/aromatic N) is 5. The lowest BCUT2D eigenvalue weighted by atomic mass is 10.2. The van der Waals surface area contributed by atoms with Gasteiger partial charge >= 0.3 is 6.03 Å². The summed E-state index contributed by atoms with van der Waals surface area (Å²) in [6.45, 7) is 0.709. The van der Waals surface area contributed by atoms with Crippen molar-refractivity contribution < 1.29 is 4.79 Å². The topological polar surface area (TPSA) is 54.3 Å². The Kier molecular flexibility index (Phi) is 5.34. The van der Waals surface area contributed by atoms with Gasteiger partial charge in [0.2, 0.25) is 0 Å². The second-order valence-electron chi connectivity index (χ2n) is 6.74. The molecule has 0 saturated carbocycles. The van der Waals surface area contributed by atoms with Crippen LogP contribution in [0.25, 0.3) is 0 Å². The Balaban J connectivity index is 1.71. The molecule has 2 aromatic carbocycles. The van der Waals surface area contributed by atoms with Crippen molar-refractivity contribution in [1.82, 2.24) is 19.7 Å². The third-order valence-corrected chi connectivity index (χ3v) is 5.79. The van der Waals surface area contributed by atoms with E-state index in [1.165, 1.54) is 0 Å². The van der Waals surface area contributed by atoms with E-state index in [9.17, 15) is 4.79 Å². The highest BCUT2D eigenvalue weighted by Crippen LogP contribution is 2.35. The molecule has 1 saturated heterocycles. The van der Waals surface area contributed by atoms with Crippen LogP contribution < -0.4 is 4.90 Å². The summed E-state index contributed by atoms with van der Waals surface area (Å²) in [6.07, 6.45) is 3.83. The first kappa shape index (κ1) is 18.6. The Bertz CT molecular complexity index is 904. The van der Waals surface area contributed by atoms with Crippen LogP contribution in [0.3, 0.4) is 0 Å². The summed E-state index contributed by atoms with van der Waals surface area (Å²) in [6, 6.07) is 19.5.